The Bertz CT molecular complexity index is 350. The number of unbranched alkanes of at least 4 members (excludes halogenated alkanes) is 3. The van der Waals surface area contributed by atoms with Gasteiger partial charge in [0.1, 0.15) is 6.10 Å². The number of hydrogen-bond donors (Lipinski definition) is 0. The van der Waals surface area contributed by atoms with E-state index in [1.165, 1.54) is 12.8 Å². The molecule has 2 rings (SSSR count). The van der Waals surface area contributed by atoms with Crippen LogP contribution in [0.15, 0.2) is 0 Å². The normalized spacial score (nSPS) is 24.9. The van der Waals surface area contributed by atoms with E-state index in [9.17, 15) is 4.79 Å². The molecule has 101 valence electrons. The van der Waals surface area contributed by atoms with Gasteiger partial charge in [-0.15, -0.1) is 5.92 Å². The molecular weight excluding hydrogens is 236 g/mol. The SMILES string of the molecule is CCCCCC#C[C]1[CH][CH][CH][C]1[C@@H]1CCCC(=O)O1. The van der Waals surface area contributed by atoms with Gasteiger partial charge in [-0.2, -0.15) is 0 Å². The van der Waals surface area contributed by atoms with Crippen molar-refractivity contribution in [2.75, 3.05) is 0 Å². The summed E-state index contributed by atoms with van der Waals surface area (Å²) in [6.45, 7) is 2.19. The molecule has 0 N–H and O–H groups in total. The number of ether oxygens (including phenoxy) is 1. The van der Waals surface area contributed by atoms with E-state index in [-0.39, 0.29) is 12.1 Å². The zero-order valence-electron chi connectivity index (χ0n) is 11.6. The van der Waals surface area contributed by atoms with E-state index in [1.54, 1.807) is 0 Å². The third kappa shape index (κ3) is 4.27. The molecule has 1 saturated heterocycles. The number of carbonyl (C=O) groups is 1. The first-order valence-corrected chi connectivity index (χ1v) is 7.25. The van der Waals surface area contributed by atoms with Gasteiger partial charge < -0.3 is 4.74 Å². The van der Waals surface area contributed by atoms with Gasteiger partial charge in [-0.1, -0.05) is 25.7 Å². The van der Waals surface area contributed by atoms with Gasteiger partial charge in [0.25, 0.3) is 0 Å². The Morgan fingerprint density at radius 2 is 2.26 bits per heavy atom. The van der Waals surface area contributed by atoms with E-state index in [4.69, 9.17) is 4.74 Å². The first-order valence-electron chi connectivity index (χ1n) is 7.25. The number of carbonyl (C=O) groups excluding carboxylic acids is 1. The van der Waals surface area contributed by atoms with E-state index in [2.05, 4.69) is 18.8 Å². The molecule has 0 amide bonds. The zero-order chi connectivity index (χ0) is 13.5. The van der Waals surface area contributed by atoms with Crippen molar-refractivity contribution in [3.05, 3.63) is 31.1 Å². The summed E-state index contributed by atoms with van der Waals surface area (Å²) in [5, 5.41) is 0. The Balaban J connectivity index is 1.84. The third-order valence-corrected chi connectivity index (χ3v) is 3.45. The average molecular weight is 257 g/mol. The van der Waals surface area contributed by atoms with E-state index < -0.39 is 0 Å². The summed E-state index contributed by atoms with van der Waals surface area (Å²) in [7, 11) is 0. The summed E-state index contributed by atoms with van der Waals surface area (Å²) in [4.78, 5) is 11.4. The van der Waals surface area contributed by atoms with Crippen molar-refractivity contribution in [1.29, 1.82) is 0 Å². The maximum atomic E-state index is 11.4. The van der Waals surface area contributed by atoms with Crippen molar-refractivity contribution in [2.24, 2.45) is 0 Å². The van der Waals surface area contributed by atoms with E-state index >= 15 is 0 Å². The van der Waals surface area contributed by atoms with Crippen LogP contribution in [-0.4, -0.2) is 12.1 Å². The van der Waals surface area contributed by atoms with E-state index in [1.807, 2.05) is 19.3 Å². The second-order valence-electron chi connectivity index (χ2n) is 5.02. The maximum absolute atomic E-state index is 11.4. The third-order valence-electron chi connectivity index (χ3n) is 3.45. The van der Waals surface area contributed by atoms with Gasteiger partial charge in [0.2, 0.25) is 0 Å². The maximum Gasteiger partial charge on any atom is 0.306 e. The number of rotatable bonds is 4. The molecule has 19 heavy (non-hydrogen) atoms. The molecule has 0 bridgehead atoms. The summed E-state index contributed by atoms with van der Waals surface area (Å²) in [6, 6.07) is 0. The van der Waals surface area contributed by atoms with Gasteiger partial charge in [0.15, 0.2) is 0 Å². The fraction of sp³-hybridized carbons (Fsp3) is 0.529. The smallest absolute Gasteiger partial charge is 0.306 e. The fourth-order valence-electron chi connectivity index (χ4n) is 2.38. The van der Waals surface area contributed by atoms with Crippen LogP contribution >= 0.6 is 0 Å². The lowest BCUT2D eigenvalue weighted by molar-refractivity contribution is -0.152. The molecule has 1 heterocycles. The summed E-state index contributed by atoms with van der Waals surface area (Å²) in [6.07, 6.45) is 12.9. The molecule has 0 unspecified atom stereocenters. The standard InChI is InChI=1S/C17H21O2/c1-2-3-4-5-6-9-14-10-7-11-15(14)16-12-8-13-17(18)19-16/h7,10-11,16H,2-5,8,12-13H2,1H3/t16-/m0/s1. The van der Waals surface area contributed by atoms with E-state index in [0.29, 0.717) is 6.42 Å². The molecule has 0 aromatic carbocycles. The largest absolute Gasteiger partial charge is 0.462 e. The van der Waals surface area contributed by atoms with Crippen LogP contribution in [-0.2, 0) is 9.53 Å². The zero-order valence-corrected chi connectivity index (χ0v) is 11.6. The molecule has 0 aromatic heterocycles. The van der Waals surface area contributed by atoms with E-state index in [0.717, 1.165) is 37.5 Å². The second-order valence-corrected chi connectivity index (χ2v) is 5.02. The monoisotopic (exact) mass is 257 g/mol. The highest BCUT2D eigenvalue weighted by Gasteiger charge is 2.38. The molecule has 2 aliphatic rings. The molecule has 1 aliphatic carbocycles. The number of cyclic esters (lactones) is 1. The second kappa shape index (κ2) is 7.58. The van der Waals surface area contributed by atoms with Gasteiger partial charge in [0, 0.05) is 18.8 Å². The molecule has 1 aliphatic heterocycles. The molecule has 2 fully saturated rings. The van der Waals surface area contributed by atoms with Crippen molar-refractivity contribution in [3.63, 3.8) is 0 Å². The van der Waals surface area contributed by atoms with Gasteiger partial charge in [0.05, 0.1) is 5.92 Å². The topological polar surface area (TPSA) is 26.3 Å². The highest BCUT2D eigenvalue weighted by Crippen LogP contribution is 2.39. The van der Waals surface area contributed by atoms with Crippen LogP contribution in [0.3, 0.4) is 0 Å². The van der Waals surface area contributed by atoms with Crippen LogP contribution < -0.4 is 0 Å². The Labute approximate surface area is 117 Å². The molecule has 0 spiro atoms. The van der Waals surface area contributed by atoms with Gasteiger partial charge in [-0.3, -0.25) is 4.79 Å². The summed E-state index contributed by atoms with van der Waals surface area (Å²) in [5.74, 6) is 8.47. The van der Waals surface area contributed by atoms with Crippen molar-refractivity contribution >= 4 is 5.97 Å². The lowest BCUT2D eigenvalue weighted by Crippen LogP contribution is -2.30. The number of hydrogen-bond acceptors (Lipinski definition) is 2. The molecule has 1 saturated carbocycles. The minimum atomic E-state index is -0.0869. The van der Waals surface area contributed by atoms with Crippen LogP contribution in [0.5, 0.6) is 0 Å². The average Bonchev–Trinajstić information content (AvgIpc) is 2.87. The molecule has 2 heteroatoms. The first-order chi connectivity index (χ1) is 9.31. The Kier molecular flexibility index (Phi) is 5.76. The van der Waals surface area contributed by atoms with Crippen molar-refractivity contribution in [3.8, 4) is 11.8 Å². The van der Waals surface area contributed by atoms with Crippen LogP contribution in [0.25, 0.3) is 0 Å². The van der Waals surface area contributed by atoms with Gasteiger partial charge >= 0.3 is 5.97 Å². The predicted octanol–water partition coefficient (Wildman–Crippen LogP) is 3.44. The minimum Gasteiger partial charge on any atom is -0.462 e. The molecule has 1 atom stereocenters. The Morgan fingerprint density at radius 1 is 1.37 bits per heavy atom. The molecular formula is C17H21O2. The van der Waals surface area contributed by atoms with Crippen molar-refractivity contribution < 1.29 is 9.53 Å². The Morgan fingerprint density at radius 3 is 3.05 bits per heavy atom. The van der Waals surface area contributed by atoms with Crippen LogP contribution in [0, 0.1) is 42.9 Å². The summed E-state index contributed by atoms with van der Waals surface area (Å²) < 4.78 is 5.41. The highest BCUT2D eigenvalue weighted by atomic mass is 16.5. The number of esters is 1. The molecule has 0 aromatic rings. The fourth-order valence-corrected chi connectivity index (χ4v) is 2.38. The van der Waals surface area contributed by atoms with Crippen LogP contribution in [0.2, 0.25) is 0 Å². The minimum absolute atomic E-state index is 0.0840. The quantitative estimate of drug-likeness (QED) is 0.438. The lowest BCUT2D eigenvalue weighted by atomic mass is 9.87. The van der Waals surface area contributed by atoms with Gasteiger partial charge in [-0.05, 0) is 38.5 Å². The summed E-state index contributed by atoms with van der Waals surface area (Å²) >= 11 is 0. The van der Waals surface area contributed by atoms with Crippen molar-refractivity contribution in [1.82, 2.24) is 0 Å². The van der Waals surface area contributed by atoms with Crippen LogP contribution in [0.1, 0.15) is 51.9 Å². The molecule has 5 radical (unpaired) electrons. The predicted molar refractivity (Wildman–Crippen MR) is 75.0 cm³/mol. The highest BCUT2D eigenvalue weighted by molar-refractivity contribution is 5.71. The first kappa shape index (κ1) is 14.4. The molecule has 2 nitrogen and oxygen atoms in total. The van der Waals surface area contributed by atoms with Gasteiger partial charge in [-0.25, -0.2) is 0 Å². The van der Waals surface area contributed by atoms with Crippen LogP contribution in [0.4, 0.5) is 0 Å². The lowest BCUT2D eigenvalue weighted by Gasteiger charge is -2.28. The Hall–Kier alpha value is -0.970. The summed E-state index contributed by atoms with van der Waals surface area (Å²) in [5.41, 5.74) is 0. The van der Waals surface area contributed by atoms with Crippen molar-refractivity contribution in [2.45, 2.75) is 58.0 Å².